The molecule has 3 atom stereocenters. The van der Waals surface area contributed by atoms with Crippen molar-refractivity contribution in [1.29, 1.82) is 0 Å². The Hall–Kier alpha value is -0.940. The van der Waals surface area contributed by atoms with Gasteiger partial charge in [-0.25, -0.2) is 0 Å². The molecule has 0 aromatic heterocycles. The number of hydrogen-bond donors (Lipinski definition) is 1. The summed E-state index contributed by atoms with van der Waals surface area (Å²) in [5.74, 6) is 0.824. The van der Waals surface area contributed by atoms with E-state index in [9.17, 15) is 9.59 Å². The van der Waals surface area contributed by atoms with Crippen LogP contribution < -0.4 is 5.32 Å². The number of likely N-dealkylation sites (tertiary alicyclic amines) is 1. The van der Waals surface area contributed by atoms with Crippen molar-refractivity contribution in [1.82, 2.24) is 10.2 Å². The Labute approximate surface area is 149 Å². The van der Waals surface area contributed by atoms with E-state index in [1.165, 1.54) is 32.1 Å². The predicted octanol–water partition coefficient (Wildman–Crippen LogP) is 2.38. The molecule has 0 bridgehead atoms. The second-order valence-corrected chi connectivity index (χ2v) is 8.99. The number of nitrogens with zero attached hydrogens (tertiary/aromatic N) is 1. The van der Waals surface area contributed by atoms with Crippen LogP contribution in [0.15, 0.2) is 0 Å². The van der Waals surface area contributed by atoms with Crippen molar-refractivity contribution in [3.05, 3.63) is 0 Å². The first-order chi connectivity index (χ1) is 12.2. The zero-order valence-corrected chi connectivity index (χ0v) is 15.0. The zero-order valence-electron chi connectivity index (χ0n) is 15.0. The number of amides is 2. The fourth-order valence-electron chi connectivity index (χ4n) is 6.70. The second-order valence-electron chi connectivity index (χ2n) is 8.99. The molecule has 3 saturated carbocycles. The van der Waals surface area contributed by atoms with Gasteiger partial charge in [0.15, 0.2) is 0 Å². The van der Waals surface area contributed by atoms with E-state index < -0.39 is 0 Å². The lowest BCUT2D eigenvalue weighted by atomic mass is 9.54. The normalized spacial score (nSPS) is 42.9. The highest BCUT2D eigenvalue weighted by atomic mass is 16.5. The van der Waals surface area contributed by atoms with E-state index in [1.54, 1.807) is 4.90 Å². The van der Waals surface area contributed by atoms with Gasteiger partial charge < -0.3 is 10.1 Å². The van der Waals surface area contributed by atoms with E-state index in [-0.39, 0.29) is 17.9 Å². The Balaban J connectivity index is 1.20. The molecule has 3 aliphatic carbocycles. The molecule has 1 spiro atoms. The van der Waals surface area contributed by atoms with Gasteiger partial charge >= 0.3 is 0 Å². The van der Waals surface area contributed by atoms with Crippen molar-refractivity contribution < 1.29 is 14.3 Å². The summed E-state index contributed by atoms with van der Waals surface area (Å²) in [4.78, 5) is 25.5. The van der Waals surface area contributed by atoms with Gasteiger partial charge in [0, 0.05) is 48.9 Å². The molecule has 0 aromatic carbocycles. The van der Waals surface area contributed by atoms with Gasteiger partial charge in [0.25, 0.3) is 0 Å². The van der Waals surface area contributed by atoms with Gasteiger partial charge in [-0.05, 0) is 44.9 Å². The van der Waals surface area contributed by atoms with E-state index in [2.05, 4.69) is 5.32 Å². The summed E-state index contributed by atoms with van der Waals surface area (Å²) in [6.07, 6.45) is 12.1. The summed E-state index contributed by atoms with van der Waals surface area (Å²) in [5, 5.41) is 4.02. The van der Waals surface area contributed by atoms with E-state index in [4.69, 9.17) is 4.74 Å². The highest BCUT2D eigenvalue weighted by Crippen LogP contribution is 2.60. The molecule has 25 heavy (non-hydrogen) atoms. The average molecular weight is 346 g/mol. The van der Waals surface area contributed by atoms with Gasteiger partial charge in [-0.15, -0.1) is 0 Å². The lowest BCUT2D eigenvalue weighted by molar-refractivity contribution is -0.143. The van der Waals surface area contributed by atoms with E-state index in [0.717, 1.165) is 38.2 Å². The van der Waals surface area contributed by atoms with Crippen LogP contribution in [0, 0.1) is 11.3 Å². The Kier molecular flexibility index (Phi) is 3.93. The van der Waals surface area contributed by atoms with Crippen molar-refractivity contribution in [2.24, 2.45) is 11.3 Å². The number of hydrogen-bond acceptors (Lipinski definition) is 4. The van der Waals surface area contributed by atoms with Crippen LogP contribution >= 0.6 is 0 Å². The molecule has 2 aliphatic heterocycles. The Bertz CT molecular complexity index is 547. The minimum Gasteiger partial charge on any atom is -0.377 e. The van der Waals surface area contributed by atoms with Gasteiger partial charge in [-0.1, -0.05) is 12.8 Å². The van der Waals surface area contributed by atoms with Crippen LogP contribution in [0.5, 0.6) is 0 Å². The first-order valence-corrected chi connectivity index (χ1v) is 10.4. The minimum atomic E-state index is 0.0521. The average Bonchev–Trinajstić information content (AvgIpc) is 3.33. The molecular weight excluding hydrogens is 316 g/mol. The Morgan fingerprint density at radius 1 is 0.960 bits per heavy atom. The molecule has 2 amide bonds. The van der Waals surface area contributed by atoms with Crippen LogP contribution in [-0.2, 0) is 14.3 Å². The fourth-order valence-corrected chi connectivity index (χ4v) is 6.70. The third-order valence-corrected chi connectivity index (χ3v) is 7.85. The maximum Gasteiger partial charge on any atom is 0.229 e. The number of nitrogens with one attached hydrogen (secondary N) is 1. The maximum absolute atomic E-state index is 12.0. The van der Waals surface area contributed by atoms with E-state index >= 15 is 0 Å². The summed E-state index contributed by atoms with van der Waals surface area (Å²) in [6, 6.07) is 1.34. The first kappa shape index (κ1) is 16.2. The van der Waals surface area contributed by atoms with Crippen LogP contribution in [0.2, 0.25) is 0 Å². The van der Waals surface area contributed by atoms with Crippen LogP contribution in [-0.4, -0.2) is 47.6 Å². The van der Waals surface area contributed by atoms with Gasteiger partial charge in [0.1, 0.15) is 0 Å². The van der Waals surface area contributed by atoms with E-state index in [0.29, 0.717) is 36.4 Å². The number of fused-ring (bicyclic) bond motifs is 2. The highest BCUT2D eigenvalue weighted by Gasteiger charge is 2.64. The number of imide groups is 1. The molecule has 5 fully saturated rings. The quantitative estimate of drug-likeness (QED) is 0.797. The third kappa shape index (κ3) is 2.42. The molecule has 5 heteroatoms. The van der Waals surface area contributed by atoms with Crippen molar-refractivity contribution in [2.75, 3.05) is 6.61 Å². The van der Waals surface area contributed by atoms with Crippen LogP contribution in [0.1, 0.15) is 70.6 Å². The van der Waals surface area contributed by atoms with Crippen LogP contribution in [0.3, 0.4) is 0 Å². The van der Waals surface area contributed by atoms with Gasteiger partial charge in [-0.2, -0.15) is 0 Å². The van der Waals surface area contributed by atoms with Gasteiger partial charge in [-0.3, -0.25) is 14.5 Å². The molecule has 5 aliphatic rings. The molecule has 2 heterocycles. The Morgan fingerprint density at radius 2 is 1.64 bits per heavy atom. The standard InChI is InChI=1S/C20H30N2O3/c23-16-7-8-17(24)22(16)14-5-3-13(4-6-14)21-18-15-9-12-25-19(15)20(18)10-1-2-11-20/h13-15,18-19,21H,1-12H2/t13?,14?,15-,18-,19-/m1/s1. The van der Waals surface area contributed by atoms with Gasteiger partial charge in [0.2, 0.25) is 11.8 Å². The second kappa shape index (κ2) is 6.05. The predicted molar refractivity (Wildman–Crippen MR) is 92.8 cm³/mol. The number of ether oxygens (including phenoxy) is 1. The molecular formula is C20H30N2O3. The number of carbonyl (C=O) groups excluding carboxylic acids is 2. The largest absolute Gasteiger partial charge is 0.377 e. The SMILES string of the molecule is O=C1CCC(=O)N1C1CCC(N[C@@H]2[C@H]3CCO[C@H]3C23CCCC3)CC1. The molecule has 5 nitrogen and oxygen atoms in total. The monoisotopic (exact) mass is 346 g/mol. The molecule has 0 aromatic rings. The van der Waals surface area contributed by atoms with Crippen LogP contribution in [0.4, 0.5) is 0 Å². The fraction of sp³-hybridized carbons (Fsp3) is 0.900. The topological polar surface area (TPSA) is 58.6 Å². The number of carbonyl (C=O) groups is 2. The zero-order chi connectivity index (χ0) is 17.0. The van der Waals surface area contributed by atoms with Gasteiger partial charge in [0.05, 0.1) is 6.10 Å². The highest BCUT2D eigenvalue weighted by molar-refractivity contribution is 6.02. The minimum absolute atomic E-state index is 0.0521. The molecule has 138 valence electrons. The summed E-state index contributed by atoms with van der Waals surface area (Å²) < 4.78 is 6.10. The van der Waals surface area contributed by atoms with Crippen molar-refractivity contribution in [3.8, 4) is 0 Å². The number of rotatable bonds is 3. The first-order valence-electron chi connectivity index (χ1n) is 10.4. The lowest BCUT2D eigenvalue weighted by Crippen LogP contribution is -2.69. The smallest absolute Gasteiger partial charge is 0.229 e. The molecule has 2 saturated heterocycles. The third-order valence-electron chi connectivity index (χ3n) is 7.85. The van der Waals surface area contributed by atoms with Crippen molar-refractivity contribution in [2.45, 2.75) is 94.9 Å². The van der Waals surface area contributed by atoms with Crippen molar-refractivity contribution >= 4 is 11.8 Å². The Morgan fingerprint density at radius 3 is 2.32 bits per heavy atom. The summed E-state index contributed by atoms with van der Waals surface area (Å²) in [7, 11) is 0. The summed E-state index contributed by atoms with van der Waals surface area (Å²) >= 11 is 0. The lowest BCUT2D eigenvalue weighted by Gasteiger charge is -2.58. The molecule has 1 N–H and O–H groups in total. The maximum atomic E-state index is 12.0. The molecule has 0 unspecified atom stereocenters. The summed E-state index contributed by atoms with van der Waals surface area (Å²) in [5.41, 5.74) is 0.416. The molecule has 0 radical (unpaired) electrons. The summed E-state index contributed by atoms with van der Waals surface area (Å²) in [6.45, 7) is 0.946. The van der Waals surface area contributed by atoms with Crippen LogP contribution in [0.25, 0.3) is 0 Å². The van der Waals surface area contributed by atoms with E-state index in [1.807, 2.05) is 0 Å². The molecule has 5 rings (SSSR count). The van der Waals surface area contributed by atoms with Crippen molar-refractivity contribution in [3.63, 3.8) is 0 Å².